The first-order chi connectivity index (χ1) is 10.8. The predicted molar refractivity (Wildman–Crippen MR) is 91.1 cm³/mol. The quantitative estimate of drug-likeness (QED) is 0.895. The van der Waals surface area contributed by atoms with Gasteiger partial charge in [-0.25, -0.2) is 8.42 Å². The Morgan fingerprint density at radius 2 is 2.04 bits per heavy atom. The van der Waals surface area contributed by atoms with Crippen LogP contribution < -0.4 is 9.62 Å². The van der Waals surface area contributed by atoms with Gasteiger partial charge in [-0.2, -0.15) is 0 Å². The van der Waals surface area contributed by atoms with Crippen LogP contribution in [-0.2, 0) is 14.8 Å². The van der Waals surface area contributed by atoms with E-state index >= 15 is 0 Å². The minimum absolute atomic E-state index is 0.328. The molecule has 0 radical (unpaired) electrons. The van der Waals surface area contributed by atoms with Crippen LogP contribution in [0.15, 0.2) is 48.8 Å². The molecule has 1 N–H and O–H groups in total. The number of nitrogens with zero attached hydrogens (tertiary/aromatic N) is 2. The van der Waals surface area contributed by atoms with Gasteiger partial charge in [-0.1, -0.05) is 17.7 Å². The number of hydrogen-bond donors (Lipinski definition) is 1. The number of carbonyl (C=O) groups is 1. The van der Waals surface area contributed by atoms with Crippen LogP contribution in [0.4, 0.5) is 11.4 Å². The Hall–Kier alpha value is -2.12. The maximum Gasteiger partial charge on any atom is 0.248 e. The summed E-state index contributed by atoms with van der Waals surface area (Å²) in [7, 11) is -3.67. The molecule has 0 spiro atoms. The molecule has 1 atom stereocenters. The lowest BCUT2D eigenvalue weighted by Crippen LogP contribution is -2.45. The molecule has 0 aliphatic carbocycles. The molecule has 0 aliphatic heterocycles. The molecular weight excluding hydrogens is 338 g/mol. The van der Waals surface area contributed by atoms with Crippen LogP contribution in [0.2, 0.25) is 5.02 Å². The molecule has 0 saturated heterocycles. The molecule has 2 aromatic rings. The number of amides is 1. The topological polar surface area (TPSA) is 79.4 Å². The van der Waals surface area contributed by atoms with E-state index < -0.39 is 22.0 Å². The third-order valence-electron chi connectivity index (χ3n) is 3.08. The summed E-state index contributed by atoms with van der Waals surface area (Å²) >= 11 is 5.92. The number of halogens is 1. The molecule has 8 heteroatoms. The Morgan fingerprint density at radius 1 is 1.30 bits per heavy atom. The van der Waals surface area contributed by atoms with Crippen LogP contribution >= 0.6 is 11.6 Å². The monoisotopic (exact) mass is 353 g/mol. The third kappa shape index (κ3) is 4.43. The van der Waals surface area contributed by atoms with Crippen LogP contribution in [0.3, 0.4) is 0 Å². The smallest absolute Gasteiger partial charge is 0.248 e. The summed E-state index contributed by atoms with van der Waals surface area (Å²) in [5.74, 6) is -0.469. The number of aromatic nitrogens is 1. The van der Waals surface area contributed by atoms with Gasteiger partial charge in [-0.3, -0.25) is 14.1 Å². The average molecular weight is 354 g/mol. The lowest BCUT2D eigenvalue weighted by molar-refractivity contribution is -0.116. The van der Waals surface area contributed by atoms with Crippen LogP contribution in [-0.4, -0.2) is 31.6 Å². The van der Waals surface area contributed by atoms with Crippen molar-refractivity contribution < 1.29 is 13.2 Å². The van der Waals surface area contributed by atoms with Gasteiger partial charge in [0.25, 0.3) is 0 Å². The molecule has 122 valence electrons. The Kier molecular flexibility index (Phi) is 5.23. The Bertz CT molecular complexity index is 797. The second-order valence-corrected chi connectivity index (χ2v) is 7.24. The second kappa shape index (κ2) is 6.97. The average Bonchev–Trinajstić information content (AvgIpc) is 2.47. The zero-order valence-electron chi connectivity index (χ0n) is 12.6. The van der Waals surface area contributed by atoms with Gasteiger partial charge in [0, 0.05) is 11.2 Å². The van der Waals surface area contributed by atoms with Gasteiger partial charge in [0.1, 0.15) is 6.04 Å². The van der Waals surface area contributed by atoms with Gasteiger partial charge in [0.2, 0.25) is 15.9 Å². The van der Waals surface area contributed by atoms with Gasteiger partial charge >= 0.3 is 0 Å². The van der Waals surface area contributed by atoms with E-state index in [0.29, 0.717) is 16.4 Å². The molecule has 2 rings (SSSR count). The first-order valence-corrected chi connectivity index (χ1v) is 8.97. The minimum atomic E-state index is -3.67. The summed E-state index contributed by atoms with van der Waals surface area (Å²) in [5, 5.41) is 3.02. The minimum Gasteiger partial charge on any atom is -0.323 e. The summed E-state index contributed by atoms with van der Waals surface area (Å²) in [6.07, 6.45) is 4.10. The van der Waals surface area contributed by atoms with Crippen molar-refractivity contribution in [2.75, 3.05) is 15.9 Å². The zero-order valence-corrected chi connectivity index (χ0v) is 14.2. The molecule has 1 unspecified atom stereocenters. The number of pyridine rings is 1. The zero-order chi connectivity index (χ0) is 17.0. The number of rotatable bonds is 5. The third-order valence-corrected chi connectivity index (χ3v) is 4.56. The first kappa shape index (κ1) is 17.2. The molecule has 0 fully saturated rings. The highest BCUT2D eigenvalue weighted by atomic mass is 35.5. The second-order valence-electron chi connectivity index (χ2n) is 4.95. The molecule has 1 heterocycles. The van der Waals surface area contributed by atoms with Crippen LogP contribution in [0.5, 0.6) is 0 Å². The van der Waals surface area contributed by atoms with Crippen molar-refractivity contribution in [3.05, 3.63) is 53.8 Å². The van der Waals surface area contributed by atoms with Gasteiger partial charge in [-0.15, -0.1) is 0 Å². The van der Waals surface area contributed by atoms with E-state index in [1.54, 1.807) is 36.5 Å². The number of benzene rings is 1. The SMILES string of the molecule is CC(C(=O)Nc1cccnc1)N(c1cccc(Cl)c1)S(C)(=O)=O. The van der Waals surface area contributed by atoms with Crippen molar-refractivity contribution in [1.82, 2.24) is 4.98 Å². The van der Waals surface area contributed by atoms with Crippen molar-refractivity contribution >= 4 is 38.9 Å². The van der Waals surface area contributed by atoms with E-state index in [-0.39, 0.29) is 0 Å². The lowest BCUT2D eigenvalue weighted by atomic mass is 10.2. The molecule has 23 heavy (non-hydrogen) atoms. The molecule has 0 aliphatic rings. The van der Waals surface area contributed by atoms with Gasteiger partial charge < -0.3 is 5.32 Å². The summed E-state index contributed by atoms with van der Waals surface area (Å²) in [5.41, 5.74) is 0.817. The van der Waals surface area contributed by atoms with E-state index in [2.05, 4.69) is 10.3 Å². The maximum absolute atomic E-state index is 12.4. The normalized spacial score (nSPS) is 12.5. The van der Waals surface area contributed by atoms with Gasteiger partial charge in [0.05, 0.1) is 23.8 Å². The Labute approximate surface area is 140 Å². The molecule has 0 bridgehead atoms. The number of hydrogen-bond acceptors (Lipinski definition) is 4. The van der Waals surface area contributed by atoms with Crippen molar-refractivity contribution in [3.8, 4) is 0 Å². The fraction of sp³-hybridized carbons (Fsp3) is 0.200. The number of carbonyl (C=O) groups excluding carboxylic acids is 1. The van der Waals surface area contributed by atoms with E-state index in [4.69, 9.17) is 11.6 Å². The lowest BCUT2D eigenvalue weighted by Gasteiger charge is -2.28. The predicted octanol–water partition coefficient (Wildman–Crippen LogP) is 2.53. The molecule has 1 aromatic heterocycles. The largest absolute Gasteiger partial charge is 0.323 e. The van der Waals surface area contributed by atoms with Gasteiger partial charge in [-0.05, 0) is 37.3 Å². The van der Waals surface area contributed by atoms with E-state index in [1.165, 1.54) is 19.2 Å². The van der Waals surface area contributed by atoms with E-state index in [0.717, 1.165) is 10.6 Å². The van der Waals surface area contributed by atoms with Crippen molar-refractivity contribution in [1.29, 1.82) is 0 Å². The molecule has 1 amide bonds. The summed E-state index contributed by atoms with van der Waals surface area (Å²) in [4.78, 5) is 16.3. The fourth-order valence-corrected chi connectivity index (χ4v) is 3.46. The molecule has 0 saturated carbocycles. The first-order valence-electron chi connectivity index (χ1n) is 6.75. The highest BCUT2D eigenvalue weighted by Crippen LogP contribution is 2.24. The number of sulfonamides is 1. The number of anilines is 2. The Balaban J connectivity index is 2.31. The molecule has 1 aromatic carbocycles. The molecule has 6 nitrogen and oxygen atoms in total. The Morgan fingerprint density at radius 3 is 2.61 bits per heavy atom. The number of nitrogens with one attached hydrogen (secondary N) is 1. The maximum atomic E-state index is 12.4. The summed E-state index contributed by atoms with van der Waals surface area (Å²) < 4.78 is 25.3. The van der Waals surface area contributed by atoms with Crippen molar-refractivity contribution in [3.63, 3.8) is 0 Å². The highest BCUT2D eigenvalue weighted by molar-refractivity contribution is 7.92. The fourth-order valence-electron chi connectivity index (χ4n) is 2.11. The highest BCUT2D eigenvalue weighted by Gasteiger charge is 2.29. The van der Waals surface area contributed by atoms with Crippen LogP contribution in [0.25, 0.3) is 0 Å². The van der Waals surface area contributed by atoms with Crippen molar-refractivity contribution in [2.24, 2.45) is 0 Å². The van der Waals surface area contributed by atoms with Crippen LogP contribution in [0.1, 0.15) is 6.92 Å². The molecular formula is C15H16ClN3O3S. The van der Waals surface area contributed by atoms with Gasteiger partial charge in [0.15, 0.2) is 0 Å². The summed E-state index contributed by atoms with van der Waals surface area (Å²) in [6, 6.07) is 8.72. The van der Waals surface area contributed by atoms with E-state index in [9.17, 15) is 13.2 Å². The standard InChI is InChI=1S/C15H16ClN3O3S/c1-11(15(20)18-13-6-4-8-17-10-13)19(23(2,21)22)14-7-3-5-12(16)9-14/h3-11H,1-2H3,(H,18,20). The van der Waals surface area contributed by atoms with Crippen molar-refractivity contribution in [2.45, 2.75) is 13.0 Å². The van der Waals surface area contributed by atoms with Crippen LogP contribution in [0, 0.1) is 0 Å². The summed E-state index contributed by atoms with van der Waals surface area (Å²) in [6.45, 7) is 1.51. The van der Waals surface area contributed by atoms with E-state index in [1.807, 2.05) is 0 Å².